The summed E-state index contributed by atoms with van der Waals surface area (Å²) in [7, 11) is 0. The number of rotatable bonds is 2. The van der Waals surface area contributed by atoms with Gasteiger partial charge in [0.05, 0.1) is 30.2 Å². The molecule has 0 aliphatic heterocycles. The van der Waals surface area contributed by atoms with Crippen molar-refractivity contribution in [3.05, 3.63) is 11.3 Å². The second kappa shape index (κ2) is 8.33. The van der Waals surface area contributed by atoms with Crippen LogP contribution in [0.3, 0.4) is 0 Å². The number of allylic oxidation sites excluding steroid dienone is 2. The third kappa shape index (κ3) is 3.33. The molecule has 9 atom stereocenters. The minimum atomic E-state index is -0.685. The second-order valence-corrected chi connectivity index (χ2v) is 16.1. The van der Waals surface area contributed by atoms with Gasteiger partial charge in [-0.15, -0.1) is 0 Å². The molecule has 0 amide bonds. The van der Waals surface area contributed by atoms with Crippen LogP contribution in [0.2, 0.25) is 0 Å². The van der Waals surface area contributed by atoms with Crippen molar-refractivity contribution in [2.75, 3.05) is 0 Å². The van der Waals surface area contributed by atoms with Crippen molar-refractivity contribution in [3.8, 4) is 12.1 Å². The summed E-state index contributed by atoms with van der Waals surface area (Å²) in [4.78, 5) is 14.5. The number of fused-ring (bicyclic) bond motifs is 7. The van der Waals surface area contributed by atoms with Gasteiger partial charge in [0.25, 0.3) is 0 Å². The summed E-state index contributed by atoms with van der Waals surface area (Å²) in [6, 6.07) is 4.55. The fraction of sp³-hybridized carbons (Fsp3) is 0.848. The van der Waals surface area contributed by atoms with Crippen LogP contribution in [-0.4, -0.2) is 22.1 Å². The molecule has 5 aliphatic carbocycles. The fourth-order valence-electron chi connectivity index (χ4n) is 11.5. The maximum atomic E-state index is 14.5. The first-order valence-electron chi connectivity index (χ1n) is 14.9. The van der Waals surface area contributed by atoms with Crippen molar-refractivity contribution < 1.29 is 15.0 Å². The highest BCUT2D eigenvalue weighted by atomic mass is 16.3. The molecule has 0 heterocycles. The predicted molar refractivity (Wildman–Crippen MR) is 146 cm³/mol. The number of carbonyl (C=O) groups excluding carboxylic acids is 1. The third-order valence-corrected chi connectivity index (χ3v) is 13.8. The highest BCUT2D eigenvalue weighted by Gasteiger charge is 2.72. The van der Waals surface area contributed by atoms with Crippen molar-refractivity contribution in [2.45, 2.75) is 119 Å². The molecule has 4 saturated carbocycles. The fourth-order valence-corrected chi connectivity index (χ4v) is 11.5. The van der Waals surface area contributed by atoms with Gasteiger partial charge in [0, 0.05) is 23.2 Å². The van der Waals surface area contributed by atoms with Gasteiger partial charge >= 0.3 is 0 Å². The molecule has 5 aliphatic rings. The first-order chi connectivity index (χ1) is 17.5. The van der Waals surface area contributed by atoms with Gasteiger partial charge in [0.2, 0.25) is 0 Å². The summed E-state index contributed by atoms with van der Waals surface area (Å²) in [5, 5.41) is 42.0. The Kier molecular flexibility index (Phi) is 6.07. The van der Waals surface area contributed by atoms with Crippen molar-refractivity contribution >= 4 is 5.78 Å². The first-order valence-corrected chi connectivity index (χ1v) is 14.9. The lowest BCUT2D eigenvalue weighted by molar-refractivity contribution is -0.241. The number of nitriles is 2. The molecule has 38 heavy (non-hydrogen) atoms. The summed E-state index contributed by atoms with van der Waals surface area (Å²) in [6.45, 7) is 15.9. The van der Waals surface area contributed by atoms with Gasteiger partial charge in [-0.05, 0) is 90.8 Å². The Morgan fingerprint density at radius 2 is 1.61 bits per heavy atom. The van der Waals surface area contributed by atoms with Crippen LogP contribution in [0.15, 0.2) is 11.3 Å². The van der Waals surface area contributed by atoms with Gasteiger partial charge in [-0.25, -0.2) is 0 Å². The Bertz CT molecular complexity index is 1160. The number of hydrogen-bond donors (Lipinski definition) is 2. The van der Waals surface area contributed by atoms with Crippen LogP contribution in [0.5, 0.6) is 0 Å². The molecule has 2 N–H and O–H groups in total. The van der Waals surface area contributed by atoms with E-state index in [1.165, 1.54) is 0 Å². The van der Waals surface area contributed by atoms with Gasteiger partial charge in [0.1, 0.15) is 11.5 Å². The molecule has 0 saturated heterocycles. The van der Waals surface area contributed by atoms with E-state index < -0.39 is 11.5 Å². The van der Waals surface area contributed by atoms with E-state index in [2.05, 4.69) is 60.6 Å². The van der Waals surface area contributed by atoms with E-state index in [0.29, 0.717) is 24.2 Å². The maximum absolute atomic E-state index is 14.5. The zero-order chi connectivity index (χ0) is 28.1. The molecule has 0 bridgehead atoms. The van der Waals surface area contributed by atoms with Gasteiger partial charge in [-0.2, -0.15) is 10.5 Å². The molecule has 0 aromatic heterocycles. The third-order valence-electron chi connectivity index (χ3n) is 13.8. The molecule has 0 spiro atoms. The minimum Gasteiger partial charge on any atom is -0.511 e. The smallest absolute Gasteiger partial charge is 0.137 e. The number of nitrogens with zero attached hydrogens (tertiary/aromatic N) is 2. The predicted octanol–water partition coefficient (Wildman–Crippen LogP) is 7.27. The van der Waals surface area contributed by atoms with E-state index in [1.807, 2.05) is 0 Å². The van der Waals surface area contributed by atoms with E-state index >= 15 is 0 Å². The lowest BCUT2D eigenvalue weighted by atomic mass is 9.31. The molecular formula is C33H48N2O3. The molecule has 5 nitrogen and oxygen atoms in total. The average molecular weight is 521 g/mol. The molecule has 5 heteroatoms. The zero-order valence-corrected chi connectivity index (χ0v) is 24.7. The molecular weight excluding hydrogens is 472 g/mol. The van der Waals surface area contributed by atoms with Crippen LogP contribution in [0.25, 0.3) is 0 Å². The number of ketones is 1. The first kappa shape index (κ1) is 27.7. The van der Waals surface area contributed by atoms with Gasteiger partial charge < -0.3 is 10.2 Å². The molecule has 208 valence electrons. The van der Waals surface area contributed by atoms with E-state index in [9.17, 15) is 25.5 Å². The van der Waals surface area contributed by atoms with Crippen LogP contribution in [0.1, 0.15) is 113 Å². The lowest BCUT2D eigenvalue weighted by Gasteiger charge is -2.72. The van der Waals surface area contributed by atoms with E-state index in [4.69, 9.17) is 0 Å². The number of hydrogen-bond acceptors (Lipinski definition) is 5. The largest absolute Gasteiger partial charge is 0.511 e. The monoisotopic (exact) mass is 520 g/mol. The Hall–Kier alpha value is -1.85. The molecule has 4 fully saturated rings. The average Bonchev–Trinajstić information content (AvgIpc) is 2.82. The maximum Gasteiger partial charge on any atom is 0.137 e. The summed E-state index contributed by atoms with van der Waals surface area (Å²) < 4.78 is 0. The Morgan fingerprint density at radius 3 is 2.24 bits per heavy atom. The van der Waals surface area contributed by atoms with Crippen LogP contribution >= 0.6 is 0 Å². The minimum absolute atomic E-state index is 0.0750. The number of aliphatic hydroxyl groups is 2. The zero-order valence-electron chi connectivity index (χ0n) is 24.7. The Balaban J connectivity index is 1.62. The summed E-state index contributed by atoms with van der Waals surface area (Å²) >= 11 is 0. The van der Waals surface area contributed by atoms with E-state index in [0.717, 1.165) is 44.9 Å². The highest BCUT2D eigenvalue weighted by molar-refractivity contribution is 5.84. The van der Waals surface area contributed by atoms with Crippen molar-refractivity contribution in [1.29, 1.82) is 10.5 Å². The van der Waals surface area contributed by atoms with E-state index in [1.54, 1.807) is 0 Å². The highest BCUT2D eigenvalue weighted by Crippen LogP contribution is 2.76. The van der Waals surface area contributed by atoms with Gasteiger partial charge in [-0.3, -0.25) is 4.79 Å². The molecule has 0 aromatic carbocycles. The summed E-state index contributed by atoms with van der Waals surface area (Å²) in [5.74, 6) is 0.920. The van der Waals surface area contributed by atoms with Crippen LogP contribution in [0.4, 0.5) is 0 Å². The van der Waals surface area contributed by atoms with Crippen LogP contribution in [0, 0.1) is 78.8 Å². The van der Waals surface area contributed by atoms with Crippen molar-refractivity contribution in [1.82, 2.24) is 0 Å². The SMILES string of the molecule is CC1(C)CCC2(C(O)CC#N)CC[C@]3(C)[C@H](C(=O)C[C@@H]4[C@@]5(C)CC(C#N)=C(O)C(C)(C)[C@@H]5CC[C@]43C)[C@@H]2C1. The summed E-state index contributed by atoms with van der Waals surface area (Å²) in [6.07, 6.45) is 7.09. The van der Waals surface area contributed by atoms with Gasteiger partial charge in [0.15, 0.2) is 0 Å². The summed E-state index contributed by atoms with van der Waals surface area (Å²) in [5.41, 5.74) is -0.755. The number of aliphatic hydroxyl groups excluding tert-OH is 2. The quantitative estimate of drug-likeness (QED) is 0.398. The standard InChI is InChI=1S/C33H48N2O3/c1-28(2)11-13-33(25(37)9-15-34)14-12-32(7)26(21(33)18-28)22(36)16-24-30(5)17-20(19-35)27(38)29(3,4)23(30)8-10-31(24,32)6/h21,23-26,37-38H,8-14,16-18H2,1-7H3/t21-,23-,24+,25?,26-,30-,31+,32+,33?/m0/s1. The number of Topliss-reactive ketones (excluding diaryl/α,β-unsaturated/α-hetero) is 1. The molecule has 5 rings (SSSR count). The molecule has 2 unspecified atom stereocenters. The van der Waals surface area contributed by atoms with Crippen molar-refractivity contribution in [3.63, 3.8) is 0 Å². The lowest BCUT2D eigenvalue weighted by Crippen LogP contribution is -2.69. The number of carbonyl (C=O) groups is 1. The van der Waals surface area contributed by atoms with E-state index in [-0.39, 0.29) is 62.9 Å². The second-order valence-electron chi connectivity index (χ2n) is 16.1. The Labute approximate surface area is 229 Å². The van der Waals surface area contributed by atoms with Crippen molar-refractivity contribution in [2.24, 2.45) is 56.2 Å². The van der Waals surface area contributed by atoms with Crippen LogP contribution in [-0.2, 0) is 4.79 Å². The molecule has 0 aromatic rings. The normalized spacial score (nSPS) is 47.9. The topological polar surface area (TPSA) is 105 Å². The molecule has 0 radical (unpaired) electrons. The Morgan fingerprint density at radius 1 is 0.947 bits per heavy atom. The van der Waals surface area contributed by atoms with Gasteiger partial charge in [-0.1, -0.05) is 48.5 Å². The van der Waals surface area contributed by atoms with Crippen LogP contribution < -0.4 is 0 Å².